The van der Waals surface area contributed by atoms with Crippen molar-refractivity contribution in [3.8, 4) is 0 Å². The van der Waals surface area contributed by atoms with Gasteiger partial charge in [0.25, 0.3) is 6.47 Å². The zero-order chi connectivity index (χ0) is 27.3. The van der Waals surface area contributed by atoms with Crippen LogP contribution in [0.5, 0.6) is 0 Å². The summed E-state index contributed by atoms with van der Waals surface area (Å²) in [5.74, 6) is 0. The summed E-state index contributed by atoms with van der Waals surface area (Å²) < 4.78 is 20.8. The van der Waals surface area contributed by atoms with Gasteiger partial charge in [0.15, 0.2) is 6.73 Å². The molecule has 3 amide bonds. The van der Waals surface area contributed by atoms with Gasteiger partial charge in [0.2, 0.25) is 0 Å². The number of unbranched alkanes of at least 4 members (excludes halogenated alkanes) is 1. The Bertz CT molecular complexity index is 678. The third kappa shape index (κ3) is 18.3. The molecule has 11 heteroatoms. The molecule has 11 nitrogen and oxygen atoms in total. The van der Waals surface area contributed by atoms with Gasteiger partial charge in [-0.1, -0.05) is 0 Å². The van der Waals surface area contributed by atoms with E-state index in [0.29, 0.717) is 38.9 Å². The number of hydrogen-bond acceptors (Lipinski definition) is 8. The van der Waals surface area contributed by atoms with Crippen LogP contribution in [0.1, 0.15) is 81.6 Å². The van der Waals surface area contributed by atoms with Crippen molar-refractivity contribution in [2.45, 2.75) is 98.4 Å². The Balaban J connectivity index is 4.84. The molecule has 0 atom stereocenters. The van der Waals surface area contributed by atoms with E-state index in [0.717, 1.165) is 0 Å². The summed E-state index contributed by atoms with van der Waals surface area (Å²) in [6, 6.07) is 0. The molecule has 0 bridgehead atoms. The van der Waals surface area contributed by atoms with E-state index in [9.17, 15) is 19.2 Å². The number of nitrogens with one attached hydrogen (secondary N) is 1. The van der Waals surface area contributed by atoms with Gasteiger partial charge in [0.1, 0.15) is 16.8 Å². The lowest BCUT2D eigenvalue weighted by Crippen LogP contribution is -2.40. The quantitative estimate of drug-likeness (QED) is 0.181. The van der Waals surface area contributed by atoms with E-state index in [4.69, 9.17) is 18.9 Å². The Morgan fingerprint density at radius 1 is 0.686 bits per heavy atom. The summed E-state index contributed by atoms with van der Waals surface area (Å²) in [6.07, 6.45) is 0.0619. The van der Waals surface area contributed by atoms with E-state index in [1.165, 1.54) is 4.90 Å². The molecule has 0 saturated carbocycles. The molecule has 0 aliphatic rings. The average molecular weight is 504 g/mol. The van der Waals surface area contributed by atoms with Crippen LogP contribution in [-0.2, 0) is 23.7 Å². The van der Waals surface area contributed by atoms with Crippen LogP contribution >= 0.6 is 0 Å². The minimum atomic E-state index is -0.683. The van der Waals surface area contributed by atoms with E-state index >= 15 is 0 Å². The van der Waals surface area contributed by atoms with Gasteiger partial charge in [-0.2, -0.15) is 0 Å². The van der Waals surface area contributed by atoms with Gasteiger partial charge in [-0.25, -0.2) is 14.4 Å². The minimum absolute atomic E-state index is 0.218. The Morgan fingerprint density at radius 2 is 1.11 bits per heavy atom. The standard InChI is InChI=1S/C24H45N3O8/c1-22(2,3)33-19(29)25-13-12-16-26(20(30)34-23(4,5)6)14-10-11-15-27(17-32-18-28)21(31)35-24(7,8)9/h18H,10-17H2,1-9H3,(H,25,29). The summed E-state index contributed by atoms with van der Waals surface area (Å²) in [7, 11) is 0. The van der Waals surface area contributed by atoms with Crippen molar-refractivity contribution in [2.75, 3.05) is 32.9 Å². The number of hydrogen-bond donors (Lipinski definition) is 1. The van der Waals surface area contributed by atoms with Gasteiger partial charge in [-0.15, -0.1) is 0 Å². The molecule has 0 radical (unpaired) electrons. The van der Waals surface area contributed by atoms with E-state index in [1.807, 2.05) is 0 Å². The number of alkyl carbamates (subject to hydrolysis) is 1. The third-order valence-electron chi connectivity index (χ3n) is 3.98. The molecule has 0 unspecified atom stereocenters. The molecule has 0 spiro atoms. The Kier molecular flexibility index (Phi) is 13.5. The molecule has 1 N–H and O–H groups in total. The largest absolute Gasteiger partial charge is 0.446 e. The molecule has 35 heavy (non-hydrogen) atoms. The maximum atomic E-state index is 12.7. The molecule has 0 fully saturated rings. The smallest absolute Gasteiger partial charge is 0.412 e. The van der Waals surface area contributed by atoms with Crippen LogP contribution in [0.15, 0.2) is 0 Å². The number of ether oxygens (including phenoxy) is 4. The van der Waals surface area contributed by atoms with Crippen LogP contribution in [0.4, 0.5) is 14.4 Å². The number of carbonyl (C=O) groups is 4. The van der Waals surface area contributed by atoms with Crippen molar-refractivity contribution >= 4 is 24.8 Å². The first-order chi connectivity index (χ1) is 15.9. The predicted molar refractivity (Wildman–Crippen MR) is 131 cm³/mol. The van der Waals surface area contributed by atoms with Crippen LogP contribution in [0.3, 0.4) is 0 Å². The van der Waals surface area contributed by atoms with Crippen molar-refractivity contribution in [2.24, 2.45) is 0 Å². The van der Waals surface area contributed by atoms with E-state index in [-0.39, 0.29) is 19.7 Å². The van der Waals surface area contributed by atoms with E-state index in [1.54, 1.807) is 67.2 Å². The molecule has 0 aromatic rings. The zero-order valence-corrected chi connectivity index (χ0v) is 22.9. The van der Waals surface area contributed by atoms with Gasteiger partial charge < -0.3 is 29.2 Å². The molecule has 0 aromatic heterocycles. The molecule has 0 aromatic carbocycles. The minimum Gasteiger partial charge on any atom is -0.446 e. The van der Waals surface area contributed by atoms with Crippen molar-refractivity contribution in [3.63, 3.8) is 0 Å². The fourth-order valence-corrected chi connectivity index (χ4v) is 2.66. The van der Waals surface area contributed by atoms with Crippen molar-refractivity contribution in [3.05, 3.63) is 0 Å². The molecule has 0 rings (SSSR count). The van der Waals surface area contributed by atoms with Crippen LogP contribution in [0.2, 0.25) is 0 Å². The maximum absolute atomic E-state index is 12.7. The first-order valence-corrected chi connectivity index (χ1v) is 11.9. The van der Waals surface area contributed by atoms with Gasteiger partial charge in [0.05, 0.1) is 0 Å². The van der Waals surface area contributed by atoms with Crippen LogP contribution in [-0.4, -0.2) is 84.3 Å². The number of nitrogens with zero attached hydrogens (tertiary/aromatic N) is 2. The molecular formula is C24H45N3O8. The average Bonchev–Trinajstić information content (AvgIpc) is 2.64. The summed E-state index contributed by atoms with van der Waals surface area (Å²) in [5.41, 5.74) is -1.92. The lowest BCUT2D eigenvalue weighted by atomic mass is 10.2. The molecule has 0 aliphatic heterocycles. The highest BCUT2D eigenvalue weighted by Crippen LogP contribution is 2.13. The third-order valence-corrected chi connectivity index (χ3v) is 3.98. The lowest BCUT2D eigenvalue weighted by Gasteiger charge is -2.28. The first kappa shape index (κ1) is 32.3. The fourth-order valence-electron chi connectivity index (χ4n) is 2.66. The molecule has 0 saturated heterocycles. The Labute approximate surface area is 209 Å². The van der Waals surface area contributed by atoms with Gasteiger partial charge in [-0.05, 0) is 81.6 Å². The molecule has 204 valence electrons. The van der Waals surface area contributed by atoms with Gasteiger partial charge in [0, 0.05) is 26.2 Å². The fraction of sp³-hybridized carbons (Fsp3) is 0.833. The number of carbonyl (C=O) groups excluding carboxylic acids is 4. The van der Waals surface area contributed by atoms with Crippen LogP contribution < -0.4 is 5.32 Å². The maximum Gasteiger partial charge on any atom is 0.412 e. The first-order valence-electron chi connectivity index (χ1n) is 11.9. The SMILES string of the molecule is CC(C)(C)OC(=O)NCCCN(CCCCN(COC=O)C(=O)OC(C)(C)C)C(=O)OC(C)(C)C. The monoisotopic (exact) mass is 503 g/mol. The predicted octanol–water partition coefficient (Wildman–Crippen LogP) is 4.29. The zero-order valence-electron chi connectivity index (χ0n) is 22.9. The molecule has 0 aliphatic carbocycles. The second-order valence-corrected chi connectivity index (χ2v) is 11.1. The van der Waals surface area contributed by atoms with Gasteiger partial charge in [-0.3, -0.25) is 9.69 Å². The highest BCUT2D eigenvalue weighted by atomic mass is 16.6. The van der Waals surface area contributed by atoms with Gasteiger partial charge >= 0.3 is 18.3 Å². The molecular weight excluding hydrogens is 458 g/mol. The lowest BCUT2D eigenvalue weighted by molar-refractivity contribution is -0.132. The summed E-state index contributed by atoms with van der Waals surface area (Å²) >= 11 is 0. The van der Waals surface area contributed by atoms with Crippen LogP contribution in [0.25, 0.3) is 0 Å². The van der Waals surface area contributed by atoms with E-state index < -0.39 is 35.1 Å². The van der Waals surface area contributed by atoms with Crippen molar-refractivity contribution < 1.29 is 38.1 Å². The van der Waals surface area contributed by atoms with Crippen molar-refractivity contribution in [1.29, 1.82) is 0 Å². The Hall–Kier alpha value is -2.72. The van der Waals surface area contributed by atoms with Crippen LogP contribution in [0, 0.1) is 0 Å². The highest BCUT2D eigenvalue weighted by Gasteiger charge is 2.24. The summed E-state index contributed by atoms with van der Waals surface area (Å²) in [5, 5.41) is 2.67. The second kappa shape index (κ2) is 14.6. The number of rotatable bonds is 12. The topological polar surface area (TPSA) is 124 Å². The summed E-state index contributed by atoms with van der Waals surface area (Å²) in [4.78, 5) is 50.2. The second-order valence-electron chi connectivity index (χ2n) is 11.1. The van der Waals surface area contributed by atoms with E-state index in [2.05, 4.69) is 5.32 Å². The highest BCUT2D eigenvalue weighted by molar-refractivity contribution is 5.69. The van der Waals surface area contributed by atoms with Crippen molar-refractivity contribution in [1.82, 2.24) is 15.1 Å². The summed E-state index contributed by atoms with van der Waals surface area (Å²) in [6.45, 7) is 17.4. The normalized spacial score (nSPS) is 11.8. The Morgan fingerprint density at radius 3 is 1.57 bits per heavy atom. The number of amides is 3. The molecule has 0 heterocycles.